The number of benzene rings is 1. The summed E-state index contributed by atoms with van der Waals surface area (Å²) < 4.78 is 0. The Kier molecular flexibility index (Phi) is 4.25. The number of nitrogens with two attached hydrogens (primary N) is 1. The number of hydrogen-bond donors (Lipinski definition) is 1. The highest BCUT2D eigenvalue weighted by Crippen LogP contribution is 2.30. The lowest BCUT2D eigenvalue weighted by atomic mass is 10.0. The molecule has 0 saturated carbocycles. The quantitative estimate of drug-likeness (QED) is 0.576. The molecule has 4 aromatic rings. The zero-order chi connectivity index (χ0) is 18.9. The van der Waals surface area contributed by atoms with E-state index in [1.807, 2.05) is 29.8 Å². The second kappa shape index (κ2) is 7.05. The van der Waals surface area contributed by atoms with Crippen molar-refractivity contribution in [3.8, 4) is 11.1 Å². The topological polar surface area (TPSA) is 84.1 Å². The molecule has 0 atom stereocenters. The first-order valence-electron chi connectivity index (χ1n) is 9.14. The SMILES string of the molecule is Nc1cc(-c2ccc3ncnc(N4CCN(c5nccs5)CC4)c3c2)ccn1. The monoisotopic (exact) mass is 389 g/mol. The van der Waals surface area contributed by atoms with Crippen molar-refractivity contribution in [3.05, 3.63) is 54.4 Å². The van der Waals surface area contributed by atoms with Crippen LogP contribution < -0.4 is 15.5 Å². The standard InChI is InChI=1S/C20H19N7S/c21-18-12-15(3-4-22-18)14-1-2-17-16(11-14)19(25-13-24-17)26-6-8-27(9-7-26)20-23-5-10-28-20/h1-5,10-13H,6-9H2,(H2,21,22). The van der Waals surface area contributed by atoms with Crippen LogP contribution in [0.15, 0.2) is 54.4 Å². The lowest BCUT2D eigenvalue weighted by Crippen LogP contribution is -2.46. The van der Waals surface area contributed by atoms with Crippen molar-refractivity contribution in [2.75, 3.05) is 41.7 Å². The Balaban J connectivity index is 1.47. The predicted octanol–water partition coefficient (Wildman–Crippen LogP) is 3.06. The molecule has 28 heavy (non-hydrogen) atoms. The summed E-state index contributed by atoms with van der Waals surface area (Å²) in [7, 11) is 0. The van der Waals surface area contributed by atoms with Crippen molar-refractivity contribution < 1.29 is 0 Å². The van der Waals surface area contributed by atoms with E-state index < -0.39 is 0 Å². The maximum Gasteiger partial charge on any atom is 0.185 e. The molecule has 7 nitrogen and oxygen atoms in total. The van der Waals surface area contributed by atoms with Crippen LogP contribution in [0.2, 0.25) is 0 Å². The van der Waals surface area contributed by atoms with Gasteiger partial charge in [-0.1, -0.05) is 6.07 Å². The summed E-state index contributed by atoms with van der Waals surface area (Å²) in [5.74, 6) is 1.49. The van der Waals surface area contributed by atoms with Gasteiger partial charge in [0.25, 0.3) is 0 Å². The number of anilines is 3. The van der Waals surface area contributed by atoms with Crippen LogP contribution in [0.4, 0.5) is 16.8 Å². The van der Waals surface area contributed by atoms with Crippen LogP contribution >= 0.6 is 11.3 Å². The van der Waals surface area contributed by atoms with Gasteiger partial charge in [0.1, 0.15) is 18.0 Å². The number of nitrogen functional groups attached to an aromatic ring is 1. The molecule has 140 valence electrons. The van der Waals surface area contributed by atoms with Gasteiger partial charge in [0.15, 0.2) is 5.13 Å². The van der Waals surface area contributed by atoms with E-state index in [-0.39, 0.29) is 0 Å². The smallest absolute Gasteiger partial charge is 0.185 e. The molecule has 5 rings (SSSR count). The molecule has 0 aliphatic carbocycles. The highest BCUT2D eigenvalue weighted by atomic mass is 32.1. The Morgan fingerprint density at radius 1 is 0.821 bits per heavy atom. The molecular weight excluding hydrogens is 370 g/mol. The zero-order valence-electron chi connectivity index (χ0n) is 15.2. The van der Waals surface area contributed by atoms with Crippen LogP contribution in [0.3, 0.4) is 0 Å². The maximum absolute atomic E-state index is 5.86. The van der Waals surface area contributed by atoms with Gasteiger partial charge >= 0.3 is 0 Å². The molecule has 1 aliphatic heterocycles. The van der Waals surface area contributed by atoms with Crippen molar-refractivity contribution in [1.82, 2.24) is 19.9 Å². The molecule has 8 heteroatoms. The molecule has 0 amide bonds. The summed E-state index contributed by atoms with van der Waals surface area (Å²) in [6.07, 6.45) is 5.24. The Labute approximate surface area is 166 Å². The minimum absolute atomic E-state index is 0.514. The van der Waals surface area contributed by atoms with E-state index in [4.69, 9.17) is 5.73 Å². The number of nitrogens with zero attached hydrogens (tertiary/aromatic N) is 6. The van der Waals surface area contributed by atoms with Crippen molar-refractivity contribution >= 4 is 39.0 Å². The molecule has 4 heterocycles. The Bertz CT molecular complexity index is 1100. The maximum atomic E-state index is 5.86. The van der Waals surface area contributed by atoms with E-state index in [1.54, 1.807) is 23.9 Å². The highest BCUT2D eigenvalue weighted by Gasteiger charge is 2.21. The molecule has 0 spiro atoms. The van der Waals surface area contributed by atoms with Gasteiger partial charge in [-0.2, -0.15) is 0 Å². The first-order chi connectivity index (χ1) is 13.8. The highest BCUT2D eigenvalue weighted by molar-refractivity contribution is 7.13. The summed E-state index contributed by atoms with van der Waals surface area (Å²) in [6.45, 7) is 3.66. The predicted molar refractivity (Wildman–Crippen MR) is 114 cm³/mol. The third-order valence-electron chi connectivity index (χ3n) is 5.00. The van der Waals surface area contributed by atoms with Crippen molar-refractivity contribution in [2.24, 2.45) is 0 Å². The largest absolute Gasteiger partial charge is 0.384 e. The van der Waals surface area contributed by atoms with Crippen LogP contribution in [0, 0.1) is 0 Å². The van der Waals surface area contributed by atoms with Crippen LogP contribution in [0.25, 0.3) is 22.0 Å². The second-order valence-electron chi connectivity index (χ2n) is 6.69. The molecule has 1 aliphatic rings. The summed E-state index contributed by atoms with van der Waals surface area (Å²) in [5, 5.41) is 4.16. The Hall–Kier alpha value is -3.26. The fraction of sp³-hybridized carbons (Fsp3) is 0.200. The van der Waals surface area contributed by atoms with Gasteiger partial charge in [0.2, 0.25) is 0 Å². The van der Waals surface area contributed by atoms with Crippen molar-refractivity contribution in [1.29, 1.82) is 0 Å². The number of fused-ring (bicyclic) bond motifs is 1. The lowest BCUT2D eigenvalue weighted by Gasteiger charge is -2.35. The van der Waals surface area contributed by atoms with Crippen molar-refractivity contribution in [2.45, 2.75) is 0 Å². The molecular formula is C20H19N7S. The Morgan fingerprint density at radius 2 is 1.64 bits per heavy atom. The number of pyridine rings is 1. The number of aromatic nitrogens is 4. The van der Waals surface area contributed by atoms with Crippen molar-refractivity contribution in [3.63, 3.8) is 0 Å². The third kappa shape index (κ3) is 3.11. The van der Waals surface area contributed by atoms with E-state index in [2.05, 4.69) is 41.9 Å². The molecule has 0 unspecified atom stereocenters. The minimum atomic E-state index is 0.514. The summed E-state index contributed by atoms with van der Waals surface area (Å²) in [6, 6.07) is 10.1. The molecule has 0 bridgehead atoms. The van der Waals surface area contributed by atoms with Crippen LogP contribution in [-0.4, -0.2) is 46.1 Å². The molecule has 1 aromatic carbocycles. The lowest BCUT2D eigenvalue weighted by molar-refractivity contribution is 0.647. The number of piperazine rings is 1. The Morgan fingerprint density at radius 3 is 2.43 bits per heavy atom. The first-order valence-corrected chi connectivity index (χ1v) is 10.0. The molecule has 3 aromatic heterocycles. The van der Waals surface area contributed by atoms with E-state index in [0.717, 1.165) is 59.2 Å². The number of rotatable bonds is 3. The fourth-order valence-corrected chi connectivity index (χ4v) is 4.28. The molecule has 0 radical (unpaired) electrons. The van der Waals surface area contributed by atoms with Gasteiger partial charge in [-0.25, -0.2) is 19.9 Å². The van der Waals surface area contributed by atoms with Gasteiger partial charge < -0.3 is 15.5 Å². The van der Waals surface area contributed by atoms with Gasteiger partial charge in [-0.15, -0.1) is 11.3 Å². The van der Waals surface area contributed by atoms with Gasteiger partial charge in [0.05, 0.1) is 5.52 Å². The van der Waals surface area contributed by atoms with Crippen LogP contribution in [-0.2, 0) is 0 Å². The van der Waals surface area contributed by atoms with E-state index in [1.165, 1.54) is 0 Å². The van der Waals surface area contributed by atoms with Gasteiger partial charge in [0, 0.05) is 49.3 Å². The van der Waals surface area contributed by atoms with Gasteiger partial charge in [-0.05, 0) is 35.4 Å². The number of thiazole rings is 1. The minimum Gasteiger partial charge on any atom is -0.384 e. The summed E-state index contributed by atoms with van der Waals surface area (Å²) >= 11 is 1.69. The average Bonchev–Trinajstić information content (AvgIpc) is 3.28. The van der Waals surface area contributed by atoms with E-state index in [0.29, 0.717) is 5.82 Å². The molecule has 2 N–H and O–H groups in total. The summed E-state index contributed by atoms with van der Waals surface area (Å²) in [4.78, 5) is 22.2. The van der Waals surface area contributed by atoms with E-state index >= 15 is 0 Å². The van der Waals surface area contributed by atoms with Crippen LogP contribution in [0.5, 0.6) is 0 Å². The van der Waals surface area contributed by atoms with Gasteiger partial charge in [-0.3, -0.25) is 0 Å². The zero-order valence-corrected chi connectivity index (χ0v) is 16.0. The first kappa shape index (κ1) is 16.9. The number of hydrogen-bond acceptors (Lipinski definition) is 8. The third-order valence-corrected chi connectivity index (χ3v) is 5.83. The normalized spacial score (nSPS) is 14.6. The second-order valence-corrected chi connectivity index (χ2v) is 7.56. The molecule has 1 fully saturated rings. The van der Waals surface area contributed by atoms with Crippen LogP contribution in [0.1, 0.15) is 0 Å². The average molecular weight is 389 g/mol. The molecule has 1 saturated heterocycles. The fourth-order valence-electron chi connectivity index (χ4n) is 3.58. The van der Waals surface area contributed by atoms with E-state index in [9.17, 15) is 0 Å². The summed E-state index contributed by atoms with van der Waals surface area (Å²) in [5.41, 5.74) is 8.92.